The zero-order valence-electron chi connectivity index (χ0n) is 12.7. The molecule has 20 heavy (non-hydrogen) atoms. The second kappa shape index (κ2) is 10.6. The third kappa shape index (κ3) is 7.21. The number of carbonyl (C=O) groups is 1. The topological polar surface area (TPSA) is 55.1 Å². The van der Waals surface area contributed by atoms with Crippen molar-refractivity contribution in [3.8, 4) is 0 Å². The predicted molar refractivity (Wildman–Crippen MR) is 87.8 cm³/mol. The molecule has 2 rings (SSSR count). The van der Waals surface area contributed by atoms with Gasteiger partial charge in [-0.3, -0.25) is 4.79 Å². The van der Waals surface area contributed by atoms with Gasteiger partial charge >= 0.3 is 0 Å². The van der Waals surface area contributed by atoms with Crippen molar-refractivity contribution in [2.24, 2.45) is 0 Å². The standard InChI is InChI=1S/C8H10.C7H8N2O.C2H6/c1-7-3-5-8(2)6-4-7;8-6-3-1-2-4-7(6)9-5-10;1-2/h3-6H,1-2H3;1-5H,8H2,(H,9,10);1-2H3. The van der Waals surface area contributed by atoms with Gasteiger partial charge in [0.2, 0.25) is 6.41 Å². The molecule has 108 valence electrons. The Morgan fingerprint density at radius 2 is 1.35 bits per heavy atom. The molecule has 0 spiro atoms. The van der Waals surface area contributed by atoms with Crippen LogP contribution < -0.4 is 11.1 Å². The fourth-order valence-electron chi connectivity index (χ4n) is 1.33. The summed E-state index contributed by atoms with van der Waals surface area (Å²) >= 11 is 0. The lowest BCUT2D eigenvalue weighted by Gasteiger charge is -2.00. The molecule has 0 saturated carbocycles. The molecular weight excluding hydrogens is 248 g/mol. The number of para-hydroxylation sites is 2. The number of nitrogen functional groups attached to an aromatic ring is 1. The summed E-state index contributed by atoms with van der Waals surface area (Å²) in [6.45, 7) is 8.19. The maximum absolute atomic E-state index is 9.96. The lowest BCUT2D eigenvalue weighted by molar-refractivity contribution is -0.105. The van der Waals surface area contributed by atoms with Gasteiger partial charge in [0, 0.05) is 0 Å². The molecule has 0 unspecified atom stereocenters. The Morgan fingerprint density at radius 3 is 1.75 bits per heavy atom. The van der Waals surface area contributed by atoms with Gasteiger partial charge in [-0.25, -0.2) is 0 Å². The summed E-state index contributed by atoms with van der Waals surface area (Å²) in [7, 11) is 0. The summed E-state index contributed by atoms with van der Waals surface area (Å²) < 4.78 is 0. The van der Waals surface area contributed by atoms with E-state index in [4.69, 9.17) is 5.73 Å². The Hall–Kier alpha value is -2.29. The summed E-state index contributed by atoms with van der Waals surface area (Å²) in [5.74, 6) is 0. The third-order valence-electron chi connectivity index (χ3n) is 2.39. The minimum Gasteiger partial charge on any atom is -0.397 e. The van der Waals surface area contributed by atoms with Crippen LogP contribution in [-0.2, 0) is 4.79 Å². The number of anilines is 2. The molecule has 0 bridgehead atoms. The van der Waals surface area contributed by atoms with Crippen LogP contribution in [0.1, 0.15) is 25.0 Å². The van der Waals surface area contributed by atoms with Crippen molar-refractivity contribution < 1.29 is 4.79 Å². The summed E-state index contributed by atoms with van der Waals surface area (Å²) in [5, 5.41) is 2.47. The highest BCUT2D eigenvalue weighted by Gasteiger charge is 1.91. The molecular formula is C17H24N2O. The molecule has 1 amide bonds. The molecule has 3 N–H and O–H groups in total. The Balaban J connectivity index is 0.000000327. The SMILES string of the molecule is CC.Cc1ccc(C)cc1.Nc1ccccc1NC=O. The van der Waals surface area contributed by atoms with E-state index in [2.05, 4.69) is 43.4 Å². The second-order valence-corrected chi connectivity index (χ2v) is 4.00. The molecule has 0 atom stereocenters. The number of carbonyl (C=O) groups excluding carboxylic acids is 1. The zero-order valence-corrected chi connectivity index (χ0v) is 12.7. The Morgan fingerprint density at radius 1 is 0.900 bits per heavy atom. The molecule has 3 heteroatoms. The predicted octanol–water partition coefficient (Wildman–Crippen LogP) is 4.17. The smallest absolute Gasteiger partial charge is 0.211 e. The number of amides is 1. The van der Waals surface area contributed by atoms with Gasteiger partial charge in [0.1, 0.15) is 0 Å². The first-order chi connectivity index (χ1) is 9.63. The first-order valence-corrected chi connectivity index (χ1v) is 6.71. The number of benzene rings is 2. The molecule has 0 saturated heterocycles. The highest BCUT2D eigenvalue weighted by atomic mass is 16.1. The van der Waals surface area contributed by atoms with Gasteiger partial charge in [0.05, 0.1) is 11.4 Å². The van der Waals surface area contributed by atoms with Crippen LogP contribution >= 0.6 is 0 Å². The van der Waals surface area contributed by atoms with Crippen LogP contribution in [0.4, 0.5) is 11.4 Å². The van der Waals surface area contributed by atoms with Gasteiger partial charge in [0.15, 0.2) is 0 Å². The normalized spacial score (nSPS) is 8.40. The van der Waals surface area contributed by atoms with Crippen LogP contribution in [0.25, 0.3) is 0 Å². The largest absolute Gasteiger partial charge is 0.397 e. The van der Waals surface area contributed by atoms with Gasteiger partial charge in [-0.05, 0) is 26.0 Å². The monoisotopic (exact) mass is 272 g/mol. The number of aryl methyl sites for hydroxylation is 2. The maximum atomic E-state index is 9.96. The summed E-state index contributed by atoms with van der Waals surface area (Å²) in [6.07, 6.45) is 0.603. The molecule has 0 aliphatic rings. The molecule has 0 aromatic heterocycles. The number of hydrogen-bond donors (Lipinski definition) is 2. The minimum absolute atomic E-state index is 0.578. The Kier molecular flexibility index (Phi) is 9.40. The van der Waals surface area contributed by atoms with Crippen molar-refractivity contribution in [1.29, 1.82) is 0 Å². The highest BCUT2D eigenvalue weighted by Crippen LogP contribution is 2.14. The summed E-state index contributed by atoms with van der Waals surface area (Å²) in [5.41, 5.74) is 9.37. The van der Waals surface area contributed by atoms with Gasteiger partial charge in [-0.1, -0.05) is 61.4 Å². The first kappa shape index (κ1) is 17.7. The average molecular weight is 272 g/mol. The molecule has 2 aromatic carbocycles. The maximum Gasteiger partial charge on any atom is 0.211 e. The van der Waals surface area contributed by atoms with Crippen LogP contribution in [0.2, 0.25) is 0 Å². The highest BCUT2D eigenvalue weighted by molar-refractivity contribution is 5.79. The number of nitrogens with one attached hydrogen (secondary N) is 1. The van der Waals surface area contributed by atoms with Crippen molar-refractivity contribution in [3.63, 3.8) is 0 Å². The summed E-state index contributed by atoms with van der Waals surface area (Å²) in [6, 6.07) is 15.6. The molecule has 0 radical (unpaired) electrons. The molecule has 0 aliphatic heterocycles. The van der Waals surface area contributed by atoms with E-state index in [-0.39, 0.29) is 0 Å². The Labute approximate surface area is 121 Å². The first-order valence-electron chi connectivity index (χ1n) is 6.71. The van der Waals surface area contributed by atoms with E-state index < -0.39 is 0 Å². The van der Waals surface area contributed by atoms with Crippen LogP contribution in [0.15, 0.2) is 48.5 Å². The lowest BCUT2D eigenvalue weighted by Crippen LogP contribution is -1.97. The number of hydrogen-bond acceptors (Lipinski definition) is 2. The minimum atomic E-state index is 0.578. The van der Waals surface area contributed by atoms with Crippen molar-refractivity contribution in [2.75, 3.05) is 11.1 Å². The van der Waals surface area contributed by atoms with Gasteiger partial charge in [0.25, 0.3) is 0 Å². The van der Waals surface area contributed by atoms with E-state index in [1.165, 1.54) is 11.1 Å². The molecule has 0 aliphatic carbocycles. The second-order valence-electron chi connectivity index (χ2n) is 4.00. The van der Waals surface area contributed by atoms with Crippen molar-refractivity contribution in [1.82, 2.24) is 0 Å². The molecule has 0 fully saturated rings. The quantitative estimate of drug-likeness (QED) is 0.637. The zero-order chi connectivity index (χ0) is 15.4. The third-order valence-corrected chi connectivity index (χ3v) is 2.39. The van der Waals surface area contributed by atoms with Crippen LogP contribution in [-0.4, -0.2) is 6.41 Å². The fourth-order valence-corrected chi connectivity index (χ4v) is 1.33. The fraction of sp³-hybridized carbons (Fsp3) is 0.235. The lowest BCUT2D eigenvalue weighted by atomic mass is 10.2. The number of rotatable bonds is 2. The molecule has 3 nitrogen and oxygen atoms in total. The van der Waals surface area contributed by atoms with Crippen LogP contribution in [0, 0.1) is 13.8 Å². The van der Waals surface area contributed by atoms with Gasteiger partial charge in [-0.15, -0.1) is 0 Å². The van der Waals surface area contributed by atoms with E-state index in [0.29, 0.717) is 17.8 Å². The van der Waals surface area contributed by atoms with Crippen molar-refractivity contribution >= 4 is 17.8 Å². The number of nitrogens with two attached hydrogens (primary N) is 1. The van der Waals surface area contributed by atoms with E-state index in [1.54, 1.807) is 12.1 Å². The van der Waals surface area contributed by atoms with E-state index >= 15 is 0 Å². The van der Waals surface area contributed by atoms with Crippen molar-refractivity contribution in [3.05, 3.63) is 59.7 Å². The van der Waals surface area contributed by atoms with Gasteiger partial charge in [-0.2, -0.15) is 0 Å². The molecule has 0 heterocycles. The van der Waals surface area contributed by atoms with E-state index in [1.807, 2.05) is 26.0 Å². The van der Waals surface area contributed by atoms with E-state index in [9.17, 15) is 4.79 Å². The van der Waals surface area contributed by atoms with Crippen molar-refractivity contribution in [2.45, 2.75) is 27.7 Å². The van der Waals surface area contributed by atoms with Crippen LogP contribution in [0.3, 0.4) is 0 Å². The summed E-state index contributed by atoms with van der Waals surface area (Å²) in [4.78, 5) is 9.96. The Bertz CT molecular complexity index is 472. The van der Waals surface area contributed by atoms with Gasteiger partial charge < -0.3 is 11.1 Å². The molecule has 2 aromatic rings. The average Bonchev–Trinajstić information content (AvgIpc) is 2.48. The van der Waals surface area contributed by atoms with Crippen LogP contribution in [0.5, 0.6) is 0 Å². The van der Waals surface area contributed by atoms with E-state index in [0.717, 1.165) is 0 Å².